The van der Waals surface area contributed by atoms with Crippen molar-refractivity contribution in [1.82, 2.24) is 10.2 Å². The number of nitrogens with zero attached hydrogens (tertiary/aromatic N) is 1. The summed E-state index contributed by atoms with van der Waals surface area (Å²) in [5.74, 6) is 0. The number of hydrogen-bond donors (Lipinski definition) is 1. The Kier molecular flexibility index (Phi) is 3.66. The SMILES string of the molecule is O=C(NC1COCc2ccccc21)N1CCOCC1. The van der Waals surface area contributed by atoms with Gasteiger partial charge in [-0.25, -0.2) is 4.79 Å². The molecule has 1 fully saturated rings. The normalized spacial score (nSPS) is 22.7. The average molecular weight is 262 g/mol. The number of urea groups is 1. The van der Waals surface area contributed by atoms with Crippen LogP contribution in [0.5, 0.6) is 0 Å². The molecule has 5 heteroatoms. The molecule has 0 aliphatic carbocycles. The van der Waals surface area contributed by atoms with Crippen LogP contribution in [0, 0.1) is 0 Å². The molecule has 0 aromatic heterocycles. The number of nitrogens with one attached hydrogen (secondary N) is 1. The second kappa shape index (κ2) is 5.59. The predicted molar refractivity (Wildman–Crippen MR) is 69.8 cm³/mol. The number of amides is 2. The summed E-state index contributed by atoms with van der Waals surface area (Å²) in [7, 11) is 0. The number of rotatable bonds is 1. The molecule has 1 unspecified atom stereocenters. The molecule has 19 heavy (non-hydrogen) atoms. The highest BCUT2D eigenvalue weighted by atomic mass is 16.5. The average Bonchev–Trinajstić information content (AvgIpc) is 2.48. The summed E-state index contributed by atoms with van der Waals surface area (Å²) in [6.45, 7) is 3.70. The van der Waals surface area contributed by atoms with Crippen LogP contribution in [0.3, 0.4) is 0 Å². The van der Waals surface area contributed by atoms with Gasteiger partial charge in [0.25, 0.3) is 0 Å². The van der Waals surface area contributed by atoms with Gasteiger partial charge >= 0.3 is 6.03 Å². The number of hydrogen-bond acceptors (Lipinski definition) is 3. The van der Waals surface area contributed by atoms with Crippen molar-refractivity contribution in [2.24, 2.45) is 0 Å². The van der Waals surface area contributed by atoms with Crippen LogP contribution in [0.15, 0.2) is 24.3 Å². The lowest BCUT2D eigenvalue weighted by atomic mass is 9.99. The zero-order valence-corrected chi connectivity index (χ0v) is 10.8. The van der Waals surface area contributed by atoms with Gasteiger partial charge in [0.15, 0.2) is 0 Å². The molecule has 1 atom stereocenters. The maximum atomic E-state index is 12.2. The lowest BCUT2D eigenvalue weighted by molar-refractivity contribution is 0.0478. The maximum Gasteiger partial charge on any atom is 0.318 e. The van der Waals surface area contributed by atoms with Crippen LogP contribution in [0.4, 0.5) is 4.79 Å². The minimum absolute atomic E-state index is 0.0337. The van der Waals surface area contributed by atoms with Gasteiger partial charge in [0.1, 0.15) is 0 Å². The van der Waals surface area contributed by atoms with E-state index in [1.54, 1.807) is 4.90 Å². The second-order valence-corrected chi connectivity index (χ2v) is 4.82. The van der Waals surface area contributed by atoms with Gasteiger partial charge in [-0.05, 0) is 11.1 Å². The van der Waals surface area contributed by atoms with Crippen molar-refractivity contribution >= 4 is 6.03 Å². The van der Waals surface area contributed by atoms with Crippen LogP contribution in [-0.4, -0.2) is 43.8 Å². The van der Waals surface area contributed by atoms with Crippen LogP contribution in [0.2, 0.25) is 0 Å². The quantitative estimate of drug-likeness (QED) is 0.830. The molecular weight excluding hydrogens is 244 g/mol. The summed E-state index contributed by atoms with van der Waals surface area (Å²) in [4.78, 5) is 14.0. The number of morpholine rings is 1. The Labute approximate surface area is 112 Å². The Hall–Kier alpha value is -1.59. The van der Waals surface area contributed by atoms with Gasteiger partial charge in [-0.2, -0.15) is 0 Å². The highest BCUT2D eigenvalue weighted by molar-refractivity contribution is 5.75. The van der Waals surface area contributed by atoms with Gasteiger partial charge in [-0.15, -0.1) is 0 Å². The molecule has 2 amide bonds. The molecule has 0 radical (unpaired) electrons. The van der Waals surface area contributed by atoms with Gasteiger partial charge in [0.05, 0.1) is 32.5 Å². The fourth-order valence-electron chi connectivity index (χ4n) is 2.51. The van der Waals surface area contributed by atoms with Gasteiger partial charge in [0.2, 0.25) is 0 Å². The summed E-state index contributed by atoms with van der Waals surface area (Å²) in [5, 5.41) is 3.05. The third-order valence-corrected chi connectivity index (χ3v) is 3.57. The topological polar surface area (TPSA) is 50.8 Å². The molecular formula is C14H18N2O3. The zero-order chi connectivity index (χ0) is 13.1. The van der Waals surface area contributed by atoms with E-state index in [9.17, 15) is 4.79 Å². The van der Waals surface area contributed by atoms with Crippen LogP contribution in [0.1, 0.15) is 17.2 Å². The zero-order valence-electron chi connectivity index (χ0n) is 10.8. The highest BCUT2D eigenvalue weighted by Gasteiger charge is 2.25. The Morgan fingerprint density at radius 3 is 2.84 bits per heavy atom. The first-order valence-corrected chi connectivity index (χ1v) is 6.63. The third kappa shape index (κ3) is 2.72. The molecule has 1 N–H and O–H groups in total. The van der Waals surface area contributed by atoms with Crippen LogP contribution < -0.4 is 5.32 Å². The standard InChI is InChI=1S/C14H18N2O3/c17-14(16-5-7-18-8-6-16)15-13-10-19-9-11-3-1-2-4-12(11)13/h1-4,13H,5-10H2,(H,15,17). The Balaban J connectivity index is 1.68. The summed E-state index contributed by atoms with van der Waals surface area (Å²) < 4.78 is 10.8. The first-order valence-electron chi connectivity index (χ1n) is 6.63. The van der Waals surface area contributed by atoms with E-state index >= 15 is 0 Å². The van der Waals surface area contributed by atoms with E-state index in [4.69, 9.17) is 9.47 Å². The molecule has 0 saturated carbocycles. The number of benzene rings is 1. The minimum Gasteiger partial charge on any atom is -0.378 e. The Morgan fingerprint density at radius 2 is 2.00 bits per heavy atom. The molecule has 0 spiro atoms. The van der Waals surface area contributed by atoms with Crippen LogP contribution in [-0.2, 0) is 16.1 Å². The fraction of sp³-hybridized carbons (Fsp3) is 0.500. The Morgan fingerprint density at radius 1 is 1.21 bits per heavy atom. The monoisotopic (exact) mass is 262 g/mol. The van der Waals surface area contributed by atoms with Gasteiger partial charge < -0.3 is 19.7 Å². The smallest absolute Gasteiger partial charge is 0.318 e. The summed E-state index contributed by atoms with van der Waals surface area (Å²) >= 11 is 0. The van der Waals surface area contributed by atoms with E-state index in [2.05, 4.69) is 11.4 Å². The number of carbonyl (C=O) groups is 1. The predicted octanol–water partition coefficient (Wildman–Crippen LogP) is 1.30. The summed E-state index contributed by atoms with van der Waals surface area (Å²) in [6.07, 6.45) is 0. The highest BCUT2D eigenvalue weighted by Crippen LogP contribution is 2.24. The second-order valence-electron chi connectivity index (χ2n) is 4.82. The van der Waals surface area contributed by atoms with E-state index in [-0.39, 0.29) is 12.1 Å². The van der Waals surface area contributed by atoms with Gasteiger partial charge in [-0.1, -0.05) is 24.3 Å². The van der Waals surface area contributed by atoms with Crippen molar-refractivity contribution in [2.75, 3.05) is 32.9 Å². The lowest BCUT2D eigenvalue weighted by Crippen LogP contribution is -2.48. The van der Waals surface area contributed by atoms with Crippen molar-refractivity contribution in [2.45, 2.75) is 12.6 Å². The van der Waals surface area contributed by atoms with E-state index in [1.165, 1.54) is 0 Å². The van der Waals surface area contributed by atoms with Crippen molar-refractivity contribution in [3.05, 3.63) is 35.4 Å². The first kappa shape index (κ1) is 12.4. The number of fused-ring (bicyclic) bond motifs is 1. The van der Waals surface area contributed by atoms with Crippen molar-refractivity contribution in [1.29, 1.82) is 0 Å². The molecule has 0 bridgehead atoms. The van der Waals surface area contributed by atoms with Gasteiger partial charge in [-0.3, -0.25) is 0 Å². The molecule has 102 valence electrons. The molecule has 3 rings (SSSR count). The summed E-state index contributed by atoms with van der Waals surface area (Å²) in [6, 6.07) is 8.01. The van der Waals surface area contributed by atoms with Crippen molar-refractivity contribution in [3.63, 3.8) is 0 Å². The van der Waals surface area contributed by atoms with Crippen molar-refractivity contribution in [3.8, 4) is 0 Å². The molecule has 1 aromatic carbocycles. The number of carbonyl (C=O) groups excluding carboxylic acids is 1. The minimum atomic E-state index is -0.0553. The number of ether oxygens (including phenoxy) is 2. The molecule has 2 heterocycles. The third-order valence-electron chi connectivity index (χ3n) is 3.57. The fourth-order valence-corrected chi connectivity index (χ4v) is 2.51. The molecule has 1 saturated heterocycles. The Bertz CT molecular complexity index is 458. The van der Waals surface area contributed by atoms with E-state index in [1.807, 2.05) is 18.2 Å². The lowest BCUT2D eigenvalue weighted by Gasteiger charge is -2.31. The molecule has 2 aliphatic heterocycles. The molecule has 2 aliphatic rings. The van der Waals surface area contributed by atoms with Gasteiger partial charge in [0, 0.05) is 13.1 Å². The van der Waals surface area contributed by atoms with E-state index in [0.717, 1.165) is 11.1 Å². The van der Waals surface area contributed by atoms with E-state index < -0.39 is 0 Å². The van der Waals surface area contributed by atoms with E-state index in [0.29, 0.717) is 39.5 Å². The first-order chi connectivity index (χ1) is 9.34. The van der Waals surface area contributed by atoms with Crippen LogP contribution in [0.25, 0.3) is 0 Å². The van der Waals surface area contributed by atoms with Crippen molar-refractivity contribution < 1.29 is 14.3 Å². The largest absolute Gasteiger partial charge is 0.378 e. The molecule has 1 aromatic rings. The maximum absolute atomic E-state index is 12.2. The van der Waals surface area contributed by atoms with Crippen LogP contribution >= 0.6 is 0 Å². The molecule has 5 nitrogen and oxygen atoms in total. The summed E-state index contributed by atoms with van der Waals surface area (Å²) in [5.41, 5.74) is 2.32.